The van der Waals surface area contributed by atoms with Crippen molar-refractivity contribution >= 4 is 17.9 Å². The molecule has 58 heavy (non-hydrogen) atoms. The average Bonchev–Trinajstić information content (AvgIpc) is 3.22. The molecule has 1 unspecified atom stereocenters. The molecule has 0 saturated heterocycles. The van der Waals surface area contributed by atoms with Crippen molar-refractivity contribution in [1.29, 1.82) is 0 Å². The van der Waals surface area contributed by atoms with Gasteiger partial charge in [-0.15, -0.1) is 0 Å². The first-order valence-electron chi connectivity index (χ1n) is 24.7. The summed E-state index contributed by atoms with van der Waals surface area (Å²) in [6, 6.07) is 0. The number of unbranched alkanes of at least 4 members (excludes halogenated alkanes) is 27. The topological polar surface area (TPSA) is 78.9 Å². The molecule has 0 aliphatic carbocycles. The summed E-state index contributed by atoms with van der Waals surface area (Å²) in [4.78, 5) is 37.9. The van der Waals surface area contributed by atoms with Gasteiger partial charge in [0.1, 0.15) is 13.2 Å². The quantitative estimate of drug-likeness (QED) is 0.0200. The monoisotopic (exact) mass is 813 g/mol. The minimum atomic E-state index is -0.777. The van der Waals surface area contributed by atoms with Gasteiger partial charge in [0.05, 0.1) is 0 Å². The SMILES string of the molecule is CC\C=C/C=C\C=C/CCCCCCCCCC(=O)OCC(COC(=O)CCCCCCC/C=C\CCCCC)OC(=O)CCCCCCCCCCCCCCC. The summed E-state index contributed by atoms with van der Waals surface area (Å²) in [7, 11) is 0. The Morgan fingerprint density at radius 1 is 0.362 bits per heavy atom. The van der Waals surface area contributed by atoms with E-state index in [0.717, 1.165) is 77.0 Å². The van der Waals surface area contributed by atoms with Gasteiger partial charge in [-0.2, -0.15) is 0 Å². The smallest absolute Gasteiger partial charge is 0.306 e. The molecular weight excluding hydrogens is 721 g/mol. The van der Waals surface area contributed by atoms with Crippen LogP contribution in [0.25, 0.3) is 0 Å². The Balaban J connectivity index is 4.38. The van der Waals surface area contributed by atoms with Gasteiger partial charge in [-0.05, 0) is 64.2 Å². The second-order valence-electron chi connectivity index (χ2n) is 16.4. The number of esters is 3. The van der Waals surface area contributed by atoms with Gasteiger partial charge in [0.2, 0.25) is 0 Å². The van der Waals surface area contributed by atoms with E-state index in [2.05, 4.69) is 69.4 Å². The maximum absolute atomic E-state index is 12.8. The maximum Gasteiger partial charge on any atom is 0.306 e. The fraction of sp³-hybridized carbons (Fsp3) is 0.788. The molecule has 0 saturated carbocycles. The van der Waals surface area contributed by atoms with Crippen LogP contribution in [0, 0.1) is 0 Å². The van der Waals surface area contributed by atoms with Gasteiger partial charge in [-0.3, -0.25) is 14.4 Å². The Kier molecular flexibility index (Phi) is 44.9. The molecule has 6 nitrogen and oxygen atoms in total. The third-order valence-corrected chi connectivity index (χ3v) is 10.6. The molecule has 6 heteroatoms. The zero-order chi connectivity index (χ0) is 42.3. The molecule has 1 atom stereocenters. The molecule has 0 heterocycles. The molecule has 0 fully saturated rings. The van der Waals surface area contributed by atoms with Gasteiger partial charge in [0.25, 0.3) is 0 Å². The van der Waals surface area contributed by atoms with E-state index in [0.29, 0.717) is 19.3 Å². The number of rotatable bonds is 44. The largest absolute Gasteiger partial charge is 0.462 e. The maximum atomic E-state index is 12.8. The standard InChI is InChI=1S/C52H92O6/c1-4-7-10-13-16-19-22-25-26-28-30-33-36-39-42-45-51(54)57-48-49(47-56-50(53)44-41-38-35-32-29-24-21-18-15-12-9-6-3)58-52(55)46-43-40-37-34-31-27-23-20-17-14-11-8-5-2/h7,10,13,16,18-19,21-22,49H,4-6,8-9,11-12,14-15,17,20,23-48H2,1-3H3/b10-7-,16-13-,21-18-,22-19-. The van der Waals surface area contributed by atoms with E-state index >= 15 is 0 Å². The van der Waals surface area contributed by atoms with Crippen LogP contribution in [0.5, 0.6) is 0 Å². The van der Waals surface area contributed by atoms with E-state index in [1.54, 1.807) is 0 Å². The molecule has 0 aromatic carbocycles. The molecule has 0 aromatic rings. The number of carbonyl (C=O) groups is 3. The molecule has 0 aliphatic rings. The predicted octanol–water partition coefficient (Wildman–Crippen LogP) is 15.9. The summed E-state index contributed by atoms with van der Waals surface area (Å²) in [6.07, 6.45) is 55.1. The Bertz CT molecular complexity index is 1030. The first-order valence-corrected chi connectivity index (χ1v) is 24.7. The van der Waals surface area contributed by atoms with Crippen molar-refractivity contribution in [2.24, 2.45) is 0 Å². The fourth-order valence-electron chi connectivity index (χ4n) is 6.91. The average molecular weight is 813 g/mol. The van der Waals surface area contributed by atoms with Crippen LogP contribution in [-0.4, -0.2) is 37.2 Å². The Morgan fingerprint density at radius 2 is 0.690 bits per heavy atom. The zero-order valence-corrected chi connectivity index (χ0v) is 38.3. The molecule has 0 aliphatic heterocycles. The minimum Gasteiger partial charge on any atom is -0.462 e. The molecule has 0 amide bonds. The highest BCUT2D eigenvalue weighted by molar-refractivity contribution is 5.71. The number of allylic oxidation sites excluding steroid dienone is 8. The normalized spacial score (nSPS) is 12.4. The van der Waals surface area contributed by atoms with Gasteiger partial charge in [-0.25, -0.2) is 0 Å². The number of hydrogen-bond donors (Lipinski definition) is 0. The van der Waals surface area contributed by atoms with E-state index < -0.39 is 6.10 Å². The lowest BCUT2D eigenvalue weighted by molar-refractivity contribution is -0.167. The summed E-state index contributed by atoms with van der Waals surface area (Å²) in [6.45, 7) is 6.47. The summed E-state index contributed by atoms with van der Waals surface area (Å²) in [5.41, 5.74) is 0. The first kappa shape index (κ1) is 55.4. The number of hydrogen-bond acceptors (Lipinski definition) is 6. The Hall–Kier alpha value is -2.63. The van der Waals surface area contributed by atoms with Crippen molar-refractivity contribution < 1.29 is 28.6 Å². The van der Waals surface area contributed by atoms with Crippen molar-refractivity contribution in [1.82, 2.24) is 0 Å². The van der Waals surface area contributed by atoms with Crippen LogP contribution in [0.1, 0.15) is 245 Å². The van der Waals surface area contributed by atoms with Crippen molar-refractivity contribution in [3.8, 4) is 0 Å². The third-order valence-electron chi connectivity index (χ3n) is 10.6. The summed E-state index contributed by atoms with van der Waals surface area (Å²) < 4.78 is 16.8. The fourth-order valence-corrected chi connectivity index (χ4v) is 6.91. The van der Waals surface area contributed by atoms with E-state index in [1.807, 2.05) is 0 Å². The zero-order valence-electron chi connectivity index (χ0n) is 38.3. The molecular formula is C52H92O6. The van der Waals surface area contributed by atoms with Crippen molar-refractivity contribution in [3.05, 3.63) is 48.6 Å². The van der Waals surface area contributed by atoms with Crippen molar-refractivity contribution in [2.45, 2.75) is 252 Å². The first-order chi connectivity index (χ1) is 28.5. The molecule has 0 spiro atoms. The van der Waals surface area contributed by atoms with E-state index in [4.69, 9.17) is 14.2 Å². The van der Waals surface area contributed by atoms with E-state index in [-0.39, 0.29) is 31.1 Å². The van der Waals surface area contributed by atoms with Crippen molar-refractivity contribution in [3.63, 3.8) is 0 Å². The number of carbonyl (C=O) groups excluding carboxylic acids is 3. The molecule has 336 valence electrons. The molecule has 0 rings (SSSR count). The minimum absolute atomic E-state index is 0.0795. The van der Waals surface area contributed by atoms with Gasteiger partial charge >= 0.3 is 17.9 Å². The van der Waals surface area contributed by atoms with Crippen LogP contribution >= 0.6 is 0 Å². The Labute approximate surface area is 358 Å². The molecule has 0 aromatic heterocycles. The lowest BCUT2D eigenvalue weighted by Gasteiger charge is -2.18. The lowest BCUT2D eigenvalue weighted by Crippen LogP contribution is -2.30. The van der Waals surface area contributed by atoms with Crippen molar-refractivity contribution in [2.75, 3.05) is 13.2 Å². The van der Waals surface area contributed by atoms with Crippen LogP contribution < -0.4 is 0 Å². The van der Waals surface area contributed by atoms with Gasteiger partial charge < -0.3 is 14.2 Å². The summed E-state index contributed by atoms with van der Waals surface area (Å²) >= 11 is 0. The predicted molar refractivity (Wildman–Crippen MR) is 247 cm³/mol. The van der Waals surface area contributed by atoms with Gasteiger partial charge in [-0.1, -0.05) is 211 Å². The van der Waals surface area contributed by atoms with E-state index in [1.165, 1.54) is 128 Å². The highest BCUT2D eigenvalue weighted by atomic mass is 16.6. The van der Waals surface area contributed by atoms with E-state index in [9.17, 15) is 14.4 Å². The highest BCUT2D eigenvalue weighted by Gasteiger charge is 2.19. The Morgan fingerprint density at radius 3 is 1.12 bits per heavy atom. The second kappa shape index (κ2) is 47.1. The summed E-state index contributed by atoms with van der Waals surface area (Å²) in [5, 5.41) is 0. The van der Waals surface area contributed by atoms with Crippen LogP contribution in [0.4, 0.5) is 0 Å². The highest BCUT2D eigenvalue weighted by Crippen LogP contribution is 2.15. The van der Waals surface area contributed by atoms with Gasteiger partial charge in [0, 0.05) is 19.3 Å². The summed E-state index contributed by atoms with van der Waals surface area (Å²) in [5.74, 6) is -0.895. The van der Waals surface area contributed by atoms with Crippen LogP contribution in [0.15, 0.2) is 48.6 Å². The number of ether oxygens (including phenoxy) is 3. The van der Waals surface area contributed by atoms with Crippen LogP contribution in [0.2, 0.25) is 0 Å². The second-order valence-corrected chi connectivity index (χ2v) is 16.4. The molecule has 0 N–H and O–H groups in total. The van der Waals surface area contributed by atoms with Gasteiger partial charge in [0.15, 0.2) is 6.10 Å². The van der Waals surface area contributed by atoms with Crippen LogP contribution in [0.3, 0.4) is 0 Å². The molecule has 0 bridgehead atoms. The van der Waals surface area contributed by atoms with Crippen LogP contribution in [-0.2, 0) is 28.6 Å². The lowest BCUT2D eigenvalue weighted by atomic mass is 10.0. The molecule has 0 radical (unpaired) electrons. The third kappa shape index (κ3) is 44.5.